The summed E-state index contributed by atoms with van der Waals surface area (Å²) in [6.45, 7) is 1.58. The van der Waals surface area contributed by atoms with Gasteiger partial charge in [-0.05, 0) is 38.0 Å². The molecule has 2 aliphatic rings. The topological polar surface area (TPSA) is 43.4 Å². The lowest BCUT2D eigenvalue weighted by molar-refractivity contribution is -0.155. The Morgan fingerprint density at radius 2 is 2.19 bits per heavy atom. The number of methoxy groups -OCH3 is 1. The smallest absolute Gasteiger partial charge is 0.312 e. The lowest BCUT2D eigenvalue weighted by Gasteiger charge is -2.32. The van der Waals surface area contributed by atoms with Gasteiger partial charge in [0.1, 0.15) is 5.78 Å². The minimum atomic E-state index is -0.417. The Labute approximate surface area is 95.9 Å². The minimum absolute atomic E-state index is 0.134. The molecule has 0 saturated heterocycles. The number of Topliss-reactive ketones (excluding diaryl/α,β-unsaturated/α-hetero) is 1. The first-order chi connectivity index (χ1) is 7.58. The molecule has 3 nitrogen and oxygen atoms in total. The maximum absolute atomic E-state index is 12.0. The van der Waals surface area contributed by atoms with E-state index in [-0.39, 0.29) is 17.7 Å². The number of hydrogen-bond donors (Lipinski definition) is 0. The van der Waals surface area contributed by atoms with Crippen molar-refractivity contribution in [2.75, 3.05) is 7.11 Å². The quantitative estimate of drug-likeness (QED) is 0.540. The Morgan fingerprint density at radius 3 is 2.62 bits per heavy atom. The molecule has 0 spiro atoms. The van der Waals surface area contributed by atoms with Gasteiger partial charge in [-0.25, -0.2) is 0 Å². The number of carbonyl (C=O) groups is 2. The van der Waals surface area contributed by atoms with Crippen LogP contribution in [0.25, 0.3) is 0 Å². The highest BCUT2D eigenvalue weighted by atomic mass is 16.5. The number of carbonyl (C=O) groups excluding carboxylic acids is 2. The number of ketones is 1. The highest BCUT2D eigenvalue weighted by Crippen LogP contribution is 2.55. The molecule has 2 bridgehead atoms. The predicted molar refractivity (Wildman–Crippen MR) is 59.7 cm³/mol. The second kappa shape index (κ2) is 4.04. The molecule has 16 heavy (non-hydrogen) atoms. The molecule has 3 atom stereocenters. The predicted octanol–water partition coefficient (Wildman–Crippen LogP) is 2.11. The molecule has 0 aromatic carbocycles. The van der Waals surface area contributed by atoms with Crippen molar-refractivity contribution in [3.05, 3.63) is 12.2 Å². The molecule has 3 heteroatoms. The van der Waals surface area contributed by atoms with Gasteiger partial charge in [0.05, 0.1) is 12.5 Å². The normalized spacial score (nSPS) is 35.4. The zero-order valence-electron chi connectivity index (χ0n) is 9.86. The van der Waals surface area contributed by atoms with Crippen LogP contribution in [0.3, 0.4) is 0 Å². The fourth-order valence-corrected chi connectivity index (χ4v) is 3.18. The van der Waals surface area contributed by atoms with Crippen molar-refractivity contribution in [3.8, 4) is 0 Å². The number of rotatable bonds is 4. The number of fused-ring (bicyclic) bond motifs is 2. The van der Waals surface area contributed by atoms with E-state index >= 15 is 0 Å². The second-order valence-electron chi connectivity index (χ2n) is 5.04. The van der Waals surface area contributed by atoms with Gasteiger partial charge in [0.25, 0.3) is 0 Å². The van der Waals surface area contributed by atoms with Crippen molar-refractivity contribution in [3.63, 3.8) is 0 Å². The number of esters is 1. The summed E-state index contributed by atoms with van der Waals surface area (Å²) in [5, 5.41) is 0. The lowest BCUT2D eigenvalue weighted by atomic mass is 9.72. The summed E-state index contributed by atoms with van der Waals surface area (Å²) < 4.78 is 4.94. The molecule has 0 aromatic rings. The van der Waals surface area contributed by atoms with Crippen LogP contribution in [0, 0.1) is 17.3 Å². The van der Waals surface area contributed by atoms with E-state index in [1.807, 2.05) is 0 Å². The first kappa shape index (κ1) is 11.4. The molecule has 2 aliphatic carbocycles. The van der Waals surface area contributed by atoms with E-state index in [1.54, 1.807) is 6.92 Å². The van der Waals surface area contributed by atoms with Crippen molar-refractivity contribution in [2.24, 2.45) is 17.3 Å². The molecule has 3 unspecified atom stereocenters. The summed E-state index contributed by atoms with van der Waals surface area (Å²) in [4.78, 5) is 23.1. The Morgan fingerprint density at radius 1 is 1.44 bits per heavy atom. The minimum Gasteiger partial charge on any atom is -0.469 e. The van der Waals surface area contributed by atoms with Gasteiger partial charge in [0, 0.05) is 6.42 Å². The first-order valence-electron chi connectivity index (χ1n) is 5.84. The molecule has 0 amide bonds. The van der Waals surface area contributed by atoms with E-state index in [0.717, 1.165) is 12.8 Å². The Hall–Kier alpha value is -1.12. The molecule has 88 valence electrons. The van der Waals surface area contributed by atoms with E-state index in [1.165, 1.54) is 7.11 Å². The third kappa shape index (κ3) is 1.68. The SMILES string of the molecule is COC(=O)C1(CCC(C)=O)CC2C=CC1C2. The zero-order valence-corrected chi connectivity index (χ0v) is 9.86. The molecule has 0 radical (unpaired) electrons. The van der Waals surface area contributed by atoms with Crippen LogP contribution in [0.1, 0.15) is 32.6 Å². The lowest BCUT2D eigenvalue weighted by Crippen LogP contribution is -2.36. The summed E-state index contributed by atoms with van der Waals surface area (Å²) >= 11 is 0. The van der Waals surface area contributed by atoms with E-state index in [0.29, 0.717) is 18.8 Å². The standard InChI is InChI=1S/C13H18O3/c1-9(14)5-6-13(12(15)16-2)8-10-3-4-11(13)7-10/h3-4,10-11H,5-8H2,1-2H3. The summed E-state index contributed by atoms with van der Waals surface area (Å²) in [6.07, 6.45) is 7.35. The Kier molecular flexibility index (Phi) is 2.87. The van der Waals surface area contributed by atoms with Crippen LogP contribution < -0.4 is 0 Å². The molecular weight excluding hydrogens is 204 g/mol. The van der Waals surface area contributed by atoms with Crippen LogP contribution in [0.4, 0.5) is 0 Å². The van der Waals surface area contributed by atoms with E-state index in [4.69, 9.17) is 4.74 Å². The summed E-state index contributed by atoms with van der Waals surface area (Å²) in [6, 6.07) is 0. The third-order valence-corrected chi connectivity index (χ3v) is 4.02. The number of allylic oxidation sites excluding steroid dienone is 2. The highest BCUT2D eigenvalue weighted by Gasteiger charge is 2.53. The van der Waals surface area contributed by atoms with Gasteiger partial charge in [-0.1, -0.05) is 12.2 Å². The summed E-state index contributed by atoms with van der Waals surface area (Å²) in [7, 11) is 1.44. The Bertz CT molecular complexity index is 345. The molecule has 2 rings (SSSR count). The van der Waals surface area contributed by atoms with Gasteiger partial charge < -0.3 is 9.53 Å². The highest BCUT2D eigenvalue weighted by molar-refractivity contribution is 5.81. The van der Waals surface area contributed by atoms with Crippen molar-refractivity contribution < 1.29 is 14.3 Å². The van der Waals surface area contributed by atoms with Crippen molar-refractivity contribution in [1.82, 2.24) is 0 Å². The average molecular weight is 222 g/mol. The molecular formula is C13H18O3. The largest absolute Gasteiger partial charge is 0.469 e. The number of ether oxygens (including phenoxy) is 1. The van der Waals surface area contributed by atoms with Gasteiger partial charge in [-0.15, -0.1) is 0 Å². The van der Waals surface area contributed by atoms with E-state index in [2.05, 4.69) is 12.2 Å². The van der Waals surface area contributed by atoms with Gasteiger partial charge in [-0.3, -0.25) is 4.79 Å². The van der Waals surface area contributed by atoms with Crippen LogP contribution in [0.2, 0.25) is 0 Å². The Balaban J connectivity index is 2.17. The summed E-state index contributed by atoms with van der Waals surface area (Å²) in [5.41, 5.74) is -0.417. The van der Waals surface area contributed by atoms with Crippen LogP contribution in [0.15, 0.2) is 12.2 Å². The fourth-order valence-electron chi connectivity index (χ4n) is 3.18. The molecule has 1 saturated carbocycles. The molecule has 0 heterocycles. The van der Waals surface area contributed by atoms with Gasteiger partial charge in [0.2, 0.25) is 0 Å². The summed E-state index contributed by atoms with van der Waals surface area (Å²) in [5.74, 6) is 0.806. The average Bonchev–Trinajstić information content (AvgIpc) is 2.85. The molecule has 0 aliphatic heterocycles. The van der Waals surface area contributed by atoms with Gasteiger partial charge in [0.15, 0.2) is 0 Å². The maximum Gasteiger partial charge on any atom is 0.312 e. The van der Waals surface area contributed by atoms with Crippen LogP contribution >= 0.6 is 0 Å². The first-order valence-corrected chi connectivity index (χ1v) is 5.84. The second-order valence-corrected chi connectivity index (χ2v) is 5.04. The maximum atomic E-state index is 12.0. The molecule has 0 N–H and O–H groups in total. The van der Waals surface area contributed by atoms with Crippen molar-refractivity contribution in [1.29, 1.82) is 0 Å². The van der Waals surface area contributed by atoms with Crippen molar-refractivity contribution >= 4 is 11.8 Å². The monoisotopic (exact) mass is 222 g/mol. The van der Waals surface area contributed by atoms with Gasteiger partial charge in [-0.2, -0.15) is 0 Å². The molecule has 1 fully saturated rings. The van der Waals surface area contributed by atoms with Crippen LogP contribution in [0.5, 0.6) is 0 Å². The van der Waals surface area contributed by atoms with E-state index in [9.17, 15) is 9.59 Å². The fraction of sp³-hybridized carbons (Fsp3) is 0.692. The van der Waals surface area contributed by atoms with E-state index < -0.39 is 5.41 Å². The zero-order chi connectivity index (χ0) is 11.8. The molecule has 0 aromatic heterocycles. The van der Waals surface area contributed by atoms with Crippen LogP contribution in [-0.2, 0) is 14.3 Å². The van der Waals surface area contributed by atoms with Crippen molar-refractivity contribution in [2.45, 2.75) is 32.6 Å². The van der Waals surface area contributed by atoms with Gasteiger partial charge >= 0.3 is 5.97 Å². The third-order valence-electron chi connectivity index (χ3n) is 4.02. The number of hydrogen-bond acceptors (Lipinski definition) is 3. The van der Waals surface area contributed by atoms with Crippen LogP contribution in [-0.4, -0.2) is 18.9 Å².